The number of thiophene rings is 1. The molecule has 1 aromatic heterocycles. The molecule has 110 valence electrons. The van der Waals surface area contributed by atoms with Crippen LogP contribution in [0.3, 0.4) is 0 Å². The molecule has 5 nitrogen and oxygen atoms in total. The van der Waals surface area contributed by atoms with Crippen LogP contribution in [0.25, 0.3) is 10.1 Å². The van der Waals surface area contributed by atoms with Crippen LogP contribution in [0, 0.1) is 6.92 Å². The molecule has 2 heterocycles. The molecule has 3 rings (SSSR count). The molecule has 0 unspecified atom stereocenters. The molecule has 21 heavy (non-hydrogen) atoms. The minimum Gasteiger partial charge on any atom is -0.397 e. The monoisotopic (exact) mass is 303 g/mol. The Morgan fingerprint density at radius 2 is 2.24 bits per heavy atom. The Balaban J connectivity index is 1.97. The SMILES string of the molecule is Cc1ccc2c(N)c(C(=O)N3CCCNC(=O)C3)sc2c1. The van der Waals surface area contributed by atoms with Gasteiger partial charge in [-0.2, -0.15) is 0 Å². The van der Waals surface area contributed by atoms with Crippen LogP contribution >= 0.6 is 11.3 Å². The van der Waals surface area contributed by atoms with Crippen molar-refractivity contribution < 1.29 is 9.59 Å². The predicted octanol–water partition coefficient (Wildman–Crippen LogP) is 1.75. The summed E-state index contributed by atoms with van der Waals surface area (Å²) < 4.78 is 1.01. The number of hydrogen-bond donors (Lipinski definition) is 2. The first-order chi connectivity index (χ1) is 10.1. The molecule has 3 N–H and O–H groups in total. The van der Waals surface area contributed by atoms with E-state index in [0.29, 0.717) is 23.7 Å². The molecule has 0 atom stereocenters. The van der Waals surface area contributed by atoms with Gasteiger partial charge in [0.1, 0.15) is 4.88 Å². The molecular formula is C15H17N3O2S. The van der Waals surface area contributed by atoms with Gasteiger partial charge in [0.2, 0.25) is 5.91 Å². The van der Waals surface area contributed by atoms with Gasteiger partial charge in [-0.15, -0.1) is 11.3 Å². The third-order valence-electron chi connectivity index (χ3n) is 3.63. The molecule has 2 aromatic rings. The zero-order valence-corrected chi connectivity index (χ0v) is 12.6. The van der Waals surface area contributed by atoms with Gasteiger partial charge in [-0.3, -0.25) is 9.59 Å². The summed E-state index contributed by atoms with van der Waals surface area (Å²) >= 11 is 1.40. The largest absolute Gasteiger partial charge is 0.397 e. The molecule has 1 fully saturated rings. The van der Waals surface area contributed by atoms with Gasteiger partial charge in [-0.05, 0) is 25.0 Å². The summed E-state index contributed by atoms with van der Waals surface area (Å²) in [6.45, 7) is 3.30. The average Bonchev–Trinajstić information content (AvgIpc) is 2.63. The Labute approximate surface area is 126 Å². The number of nitrogen functional groups attached to an aromatic ring is 1. The molecule has 6 heteroatoms. The molecule has 0 spiro atoms. The summed E-state index contributed by atoms with van der Waals surface area (Å²) in [7, 11) is 0. The second-order valence-electron chi connectivity index (χ2n) is 5.27. The molecule has 2 amide bonds. The maximum Gasteiger partial charge on any atom is 0.266 e. The van der Waals surface area contributed by atoms with Gasteiger partial charge in [-0.1, -0.05) is 12.1 Å². The van der Waals surface area contributed by atoms with Crippen molar-refractivity contribution >= 4 is 38.9 Å². The maximum absolute atomic E-state index is 12.6. The molecule has 1 aliphatic heterocycles. The highest BCUT2D eigenvalue weighted by Gasteiger charge is 2.25. The Morgan fingerprint density at radius 1 is 1.43 bits per heavy atom. The van der Waals surface area contributed by atoms with Crippen LogP contribution in [0.2, 0.25) is 0 Å². The van der Waals surface area contributed by atoms with Gasteiger partial charge in [-0.25, -0.2) is 0 Å². The maximum atomic E-state index is 12.6. The summed E-state index contributed by atoms with van der Waals surface area (Å²) in [6, 6.07) is 5.96. The second kappa shape index (κ2) is 5.37. The van der Waals surface area contributed by atoms with Gasteiger partial charge in [0.25, 0.3) is 5.91 Å². The summed E-state index contributed by atoms with van der Waals surface area (Å²) in [4.78, 5) is 26.4. The molecular weight excluding hydrogens is 286 g/mol. The first-order valence-electron chi connectivity index (χ1n) is 6.91. The number of aryl methyl sites for hydroxylation is 1. The van der Waals surface area contributed by atoms with Crippen LogP contribution in [0.4, 0.5) is 5.69 Å². The Morgan fingerprint density at radius 3 is 3.05 bits per heavy atom. The lowest BCUT2D eigenvalue weighted by atomic mass is 10.1. The first-order valence-corrected chi connectivity index (χ1v) is 7.72. The minimum atomic E-state index is -0.150. The second-order valence-corrected chi connectivity index (χ2v) is 6.33. The molecule has 1 aromatic carbocycles. The number of nitrogens with one attached hydrogen (secondary N) is 1. The fourth-order valence-electron chi connectivity index (χ4n) is 2.51. The van der Waals surface area contributed by atoms with E-state index in [9.17, 15) is 9.59 Å². The average molecular weight is 303 g/mol. The van der Waals surface area contributed by atoms with Crippen molar-refractivity contribution in [2.24, 2.45) is 0 Å². The topological polar surface area (TPSA) is 75.4 Å². The number of fused-ring (bicyclic) bond motifs is 1. The van der Waals surface area contributed by atoms with Crippen LogP contribution in [0.1, 0.15) is 21.7 Å². The standard InChI is InChI=1S/C15H17N3O2S/c1-9-3-4-10-11(7-9)21-14(13(10)16)15(20)18-6-2-5-17-12(19)8-18/h3-4,7H,2,5-6,8,16H2,1H3,(H,17,19). The number of nitrogens with two attached hydrogens (primary N) is 1. The predicted molar refractivity (Wildman–Crippen MR) is 84.5 cm³/mol. The van der Waals surface area contributed by atoms with Crippen molar-refractivity contribution in [3.8, 4) is 0 Å². The highest BCUT2D eigenvalue weighted by Crippen LogP contribution is 2.35. The lowest BCUT2D eigenvalue weighted by molar-refractivity contribution is -0.121. The van der Waals surface area contributed by atoms with Gasteiger partial charge < -0.3 is 16.0 Å². The van der Waals surface area contributed by atoms with E-state index in [1.807, 2.05) is 25.1 Å². The van der Waals surface area contributed by atoms with Gasteiger partial charge in [0.15, 0.2) is 0 Å². The van der Waals surface area contributed by atoms with Crippen molar-refractivity contribution in [3.05, 3.63) is 28.6 Å². The van der Waals surface area contributed by atoms with Crippen LogP contribution in [0.15, 0.2) is 18.2 Å². The molecule has 0 radical (unpaired) electrons. The van der Waals surface area contributed by atoms with Crippen LogP contribution in [-0.4, -0.2) is 36.3 Å². The fraction of sp³-hybridized carbons (Fsp3) is 0.333. The number of hydrogen-bond acceptors (Lipinski definition) is 4. The Hall–Kier alpha value is -2.08. The number of nitrogens with zero attached hydrogens (tertiary/aromatic N) is 1. The van der Waals surface area contributed by atoms with E-state index in [0.717, 1.165) is 22.1 Å². The zero-order chi connectivity index (χ0) is 15.0. The third-order valence-corrected chi connectivity index (χ3v) is 4.78. The quantitative estimate of drug-likeness (QED) is 0.843. The smallest absolute Gasteiger partial charge is 0.266 e. The molecule has 1 aliphatic rings. The van der Waals surface area contributed by atoms with E-state index in [2.05, 4.69) is 5.32 Å². The van der Waals surface area contributed by atoms with Gasteiger partial charge in [0.05, 0.1) is 12.2 Å². The summed E-state index contributed by atoms with van der Waals surface area (Å²) in [6.07, 6.45) is 0.765. The van der Waals surface area contributed by atoms with Crippen LogP contribution < -0.4 is 11.1 Å². The fourth-order valence-corrected chi connectivity index (χ4v) is 3.69. The van der Waals surface area contributed by atoms with E-state index in [1.165, 1.54) is 11.3 Å². The third kappa shape index (κ3) is 2.58. The first kappa shape index (κ1) is 13.9. The number of benzene rings is 1. The van der Waals surface area contributed by atoms with Crippen molar-refractivity contribution in [2.75, 3.05) is 25.4 Å². The highest BCUT2D eigenvalue weighted by atomic mass is 32.1. The van der Waals surface area contributed by atoms with Gasteiger partial charge >= 0.3 is 0 Å². The van der Waals surface area contributed by atoms with Crippen LogP contribution in [-0.2, 0) is 4.79 Å². The molecule has 0 saturated carbocycles. The molecule has 1 saturated heterocycles. The lowest BCUT2D eigenvalue weighted by Gasteiger charge is -2.18. The summed E-state index contributed by atoms with van der Waals surface area (Å²) in [5.74, 6) is -0.264. The number of amides is 2. The lowest BCUT2D eigenvalue weighted by Crippen LogP contribution is -2.37. The Kier molecular flexibility index (Phi) is 3.55. The van der Waals surface area contributed by atoms with E-state index >= 15 is 0 Å². The highest BCUT2D eigenvalue weighted by molar-refractivity contribution is 7.21. The van der Waals surface area contributed by atoms with Crippen molar-refractivity contribution in [1.29, 1.82) is 0 Å². The zero-order valence-electron chi connectivity index (χ0n) is 11.8. The molecule has 0 aliphatic carbocycles. The van der Waals surface area contributed by atoms with E-state index in [-0.39, 0.29) is 18.4 Å². The number of carbonyl (C=O) groups excluding carboxylic acids is 2. The number of rotatable bonds is 1. The van der Waals surface area contributed by atoms with E-state index in [4.69, 9.17) is 5.73 Å². The van der Waals surface area contributed by atoms with Crippen molar-refractivity contribution in [2.45, 2.75) is 13.3 Å². The number of anilines is 1. The molecule has 0 bridgehead atoms. The normalized spacial score (nSPS) is 15.9. The summed E-state index contributed by atoms with van der Waals surface area (Å²) in [5, 5.41) is 3.68. The minimum absolute atomic E-state index is 0.103. The van der Waals surface area contributed by atoms with Crippen LogP contribution in [0.5, 0.6) is 0 Å². The van der Waals surface area contributed by atoms with Crippen molar-refractivity contribution in [3.63, 3.8) is 0 Å². The summed E-state index contributed by atoms with van der Waals surface area (Å²) in [5.41, 5.74) is 7.79. The van der Waals surface area contributed by atoms with Crippen molar-refractivity contribution in [1.82, 2.24) is 10.2 Å². The number of carbonyl (C=O) groups is 2. The van der Waals surface area contributed by atoms with E-state index < -0.39 is 0 Å². The van der Waals surface area contributed by atoms with Gasteiger partial charge in [0, 0.05) is 23.2 Å². The Bertz CT molecular complexity index is 723. The van der Waals surface area contributed by atoms with E-state index in [1.54, 1.807) is 4.90 Å².